The molecule has 13 atom stereocenters. The van der Waals surface area contributed by atoms with Crippen LogP contribution in [-0.2, 0) is 4.74 Å². The van der Waals surface area contributed by atoms with Crippen molar-refractivity contribution in [2.45, 2.75) is 248 Å². The molecule has 0 heterocycles. The van der Waals surface area contributed by atoms with E-state index in [-0.39, 0.29) is 5.60 Å². The Hall–Kier alpha value is 0.177. The van der Waals surface area contributed by atoms with Crippen LogP contribution in [0.15, 0.2) is 0 Å². The van der Waals surface area contributed by atoms with Gasteiger partial charge in [-0.05, 0) is 227 Å². The molecule has 0 amide bonds. The third-order valence-corrected chi connectivity index (χ3v) is 26.5. The summed E-state index contributed by atoms with van der Waals surface area (Å²) in [5, 5.41) is 0. The molecule has 7 saturated carbocycles. The van der Waals surface area contributed by atoms with Gasteiger partial charge in [-0.1, -0.05) is 120 Å². The van der Waals surface area contributed by atoms with Crippen molar-refractivity contribution >= 4 is 8.07 Å². The minimum Gasteiger partial charge on any atom is -0.376 e. The zero-order valence-corrected chi connectivity index (χ0v) is 43.4. The van der Waals surface area contributed by atoms with Crippen LogP contribution in [-0.4, -0.2) is 20.3 Å². The zero-order chi connectivity index (χ0) is 42.7. The lowest BCUT2D eigenvalue weighted by Gasteiger charge is -2.53. The number of fused-ring (bicyclic) bond motifs is 3. The first-order chi connectivity index (χ1) is 27.7. The average molecular weight is 834 g/mol. The van der Waals surface area contributed by atoms with Gasteiger partial charge in [-0.25, -0.2) is 0 Å². The Kier molecular flexibility index (Phi) is 14.8. The molecule has 0 spiro atoms. The Morgan fingerprint density at radius 2 is 1.08 bits per heavy atom. The van der Waals surface area contributed by atoms with Crippen LogP contribution in [0, 0.1) is 106 Å². The van der Waals surface area contributed by atoms with Gasteiger partial charge in [-0.2, -0.15) is 0 Å². The van der Waals surface area contributed by atoms with Crippen molar-refractivity contribution in [3.05, 3.63) is 0 Å². The topological polar surface area (TPSA) is 9.23 Å². The second-order valence-corrected chi connectivity index (χ2v) is 33.0. The fraction of sp³-hybridized carbons (Fsp3) is 1.00. The normalized spacial score (nSPS) is 43.5. The number of ether oxygens (including phenoxy) is 1. The van der Waals surface area contributed by atoms with Gasteiger partial charge in [0.15, 0.2) is 0 Å². The molecule has 0 aliphatic heterocycles. The first-order valence-electron chi connectivity index (χ1n) is 27.3. The highest BCUT2D eigenvalue weighted by atomic mass is 28.3. The molecule has 13 unspecified atom stereocenters. The third kappa shape index (κ3) is 10.0. The monoisotopic (exact) mass is 833 g/mol. The Morgan fingerprint density at radius 3 is 1.68 bits per heavy atom. The van der Waals surface area contributed by atoms with Gasteiger partial charge in [0.05, 0.1) is 13.7 Å². The maximum Gasteiger partial charge on any atom is 0.0598 e. The van der Waals surface area contributed by atoms with Gasteiger partial charge >= 0.3 is 0 Å². The first-order valence-corrected chi connectivity index (χ1v) is 30.5. The molecule has 0 N–H and O–H groups in total. The molecule has 0 aromatic heterocycles. The van der Waals surface area contributed by atoms with E-state index in [1.807, 2.05) is 0 Å². The average Bonchev–Trinajstić information content (AvgIpc) is 3.87. The van der Waals surface area contributed by atoms with E-state index in [0.29, 0.717) is 10.8 Å². The fourth-order valence-corrected chi connectivity index (χ4v) is 25.4. The maximum atomic E-state index is 6.17. The standard InChI is InChI=1S/C57H104OSi/c1-37(2)48-36-49-45(39-26-30-42(31-27-39)55(4,5)6)23-20-25-47(49)54(48)59(13,14)53-38(3)44(22-17-15-16-18-34-58-57(10,11)12)52-50(53)35-41-21-19-24-46(41)51(52)40-28-32-43(33-29-40)56(7,8)9/h37-54H,15-36H2,1-14H3. The van der Waals surface area contributed by atoms with Crippen LogP contribution in [0.25, 0.3) is 0 Å². The summed E-state index contributed by atoms with van der Waals surface area (Å²) in [5.41, 5.74) is 3.10. The molecule has 7 aliphatic rings. The summed E-state index contributed by atoms with van der Waals surface area (Å²) in [6, 6.07) is 0. The fourth-order valence-electron chi connectivity index (χ4n) is 18.8. The van der Waals surface area contributed by atoms with Gasteiger partial charge < -0.3 is 4.74 Å². The number of hydrogen-bond donors (Lipinski definition) is 0. The van der Waals surface area contributed by atoms with E-state index in [1.165, 1.54) is 57.8 Å². The summed E-state index contributed by atoms with van der Waals surface area (Å²) < 4.78 is 6.17. The van der Waals surface area contributed by atoms with Crippen molar-refractivity contribution in [3.8, 4) is 0 Å². The third-order valence-electron chi connectivity index (χ3n) is 21.2. The van der Waals surface area contributed by atoms with E-state index < -0.39 is 8.07 Å². The van der Waals surface area contributed by atoms with Gasteiger partial charge in [-0.15, -0.1) is 0 Å². The lowest BCUT2D eigenvalue weighted by Crippen LogP contribution is -2.50. The van der Waals surface area contributed by atoms with Crippen molar-refractivity contribution in [2.75, 3.05) is 6.61 Å². The highest BCUT2D eigenvalue weighted by molar-refractivity contribution is 6.80. The zero-order valence-electron chi connectivity index (χ0n) is 42.4. The molecule has 0 radical (unpaired) electrons. The van der Waals surface area contributed by atoms with E-state index in [1.54, 1.807) is 77.0 Å². The number of unbranched alkanes of at least 4 members (excludes halogenated alkanes) is 3. The van der Waals surface area contributed by atoms with E-state index in [9.17, 15) is 0 Å². The van der Waals surface area contributed by atoms with Crippen molar-refractivity contribution in [1.82, 2.24) is 0 Å². The molecule has 7 fully saturated rings. The Labute approximate surface area is 371 Å². The van der Waals surface area contributed by atoms with Crippen LogP contribution < -0.4 is 0 Å². The minimum atomic E-state index is -1.66. The predicted octanol–water partition coefficient (Wildman–Crippen LogP) is 17.5. The SMILES string of the molecule is CC(C)C1CC2C(C3CCC(C(C)(C)C)CC3)CCCC2C1[Si](C)(C)C1C(C)C(CCCCCCOC(C)(C)C)C2C1CC1CCCC1C2C1CCC(C(C)(C)C)CC1. The van der Waals surface area contributed by atoms with Gasteiger partial charge in [0.2, 0.25) is 0 Å². The highest BCUT2D eigenvalue weighted by Gasteiger charge is 2.65. The van der Waals surface area contributed by atoms with Crippen LogP contribution in [0.3, 0.4) is 0 Å². The second kappa shape index (κ2) is 18.6. The Morgan fingerprint density at radius 1 is 0.525 bits per heavy atom. The van der Waals surface area contributed by atoms with Gasteiger partial charge in [0.1, 0.15) is 0 Å². The largest absolute Gasteiger partial charge is 0.376 e. The minimum absolute atomic E-state index is 0.00182. The number of hydrogen-bond acceptors (Lipinski definition) is 1. The van der Waals surface area contributed by atoms with Crippen molar-refractivity contribution < 1.29 is 4.74 Å². The summed E-state index contributed by atoms with van der Waals surface area (Å²) in [4.78, 5) is 0. The summed E-state index contributed by atoms with van der Waals surface area (Å²) >= 11 is 0. The summed E-state index contributed by atoms with van der Waals surface area (Å²) in [7, 11) is -1.66. The lowest BCUT2D eigenvalue weighted by atomic mass is 9.54. The molecule has 7 rings (SSSR count). The van der Waals surface area contributed by atoms with Gasteiger partial charge in [0, 0.05) is 6.61 Å². The first kappa shape index (κ1) is 47.1. The van der Waals surface area contributed by atoms with Crippen LogP contribution in [0.2, 0.25) is 24.2 Å². The molecule has 7 aliphatic carbocycles. The summed E-state index contributed by atoms with van der Waals surface area (Å²) in [5.74, 6) is 16.1. The van der Waals surface area contributed by atoms with Gasteiger partial charge in [0.25, 0.3) is 0 Å². The Balaban J connectivity index is 1.16. The van der Waals surface area contributed by atoms with E-state index >= 15 is 0 Å². The van der Waals surface area contributed by atoms with Gasteiger partial charge in [-0.3, -0.25) is 0 Å². The van der Waals surface area contributed by atoms with Crippen molar-refractivity contribution in [2.24, 2.45) is 106 Å². The van der Waals surface area contributed by atoms with Crippen LogP contribution in [0.1, 0.15) is 218 Å². The Bertz CT molecular complexity index is 1310. The van der Waals surface area contributed by atoms with E-state index in [0.717, 1.165) is 112 Å². The highest BCUT2D eigenvalue weighted by Crippen LogP contribution is 2.72. The molecular weight excluding hydrogens is 729 g/mol. The molecule has 59 heavy (non-hydrogen) atoms. The molecule has 342 valence electrons. The van der Waals surface area contributed by atoms with E-state index in [4.69, 9.17) is 4.74 Å². The quantitative estimate of drug-likeness (QED) is 0.141. The van der Waals surface area contributed by atoms with E-state index in [2.05, 4.69) is 96.2 Å². The van der Waals surface area contributed by atoms with Crippen LogP contribution in [0.4, 0.5) is 0 Å². The molecule has 0 bridgehead atoms. The molecule has 0 saturated heterocycles. The summed E-state index contributed by atoms with van der Waals surface area (Å²) in [6.07, 6.45) is 32.0. The summed E-state index contributed by atoms with van der Waals surface area (Å²) in [6.45, 7) is 37.3. The van der Waals surface area contributed by atoms with Crippen molar-refractivity contribution in [1.29, 1.82) is 0 Å². The maximum absolute atomic E-state index is 6.17. The molecule has 1 nitrogen and oxygen atoms in total. The van der Waals surface area contributed by atoms with Crippen molar-refractivity contribution in [3.63, 3.8) is 0 Å². The molecular formula is C57H104OSi. The predicted molar refractivity (Wildman–Crippen MR) is 259 cm³/mol. The van der Waals surface area contributed by atoms with Crippen LogP contribution in [0.5, 0.6) is 0 Å². The molecule has 0 aromatic rings. The second-order valence-electron chi connectivity index (χ2n) is 28.0. The molecule has 0 aromatic carbocycles. The lowest BCUT2D eigenvalue weighted by molar-refractivity contribution is -0.0181. The molecule has 2 heteroatoms. The van der Waals surface area contributed by atoms with Crippen LogP contribution >= 0.6 is 0 Å². The number of rotatable bonds is 12. The smallest absolute Gasteiger partial charge is 0.0598 e.